The Kier molecular flexibility index (Phi) is 5.33. The molecule has 3 aromatic carbocycles. The topological polar surface area (TPSA) is 80.8 Å². The van der Waals surface area contributed by atoms with Crippen LogP contribution in [0.5, 0.6) is 11.5 Å². The van der Waals surface area contributed by atoms with Crippen LogP contribution in [0.4, 0.5) is 5.69 Å². The third-order valence-corrected chi connectivity index (χ3v) is 7.17. The number of fused-ring (bicyclic) bond motifs is 5. The van der Waals surface area contributed by atoms with Crippen LogP contribution in [0.25, 0.3) is 10.9 Å². The fourth-order valence-corrected chi connectivity index (χ4v) is 5.49. The minimum absolute atomic E-state index is 0.109. The highest BCUT2D eigenvalue weighted by Gasteiger charge is 2.47. The predicted molar refractivity (Wildman–Crippen MR) is 137 cm³/mol. The molecule has 7 nitrogen and oxygen atoms in total. The van der Waals surface area contributed by atoms with E-state index in [0.717, 1.165) is 28.5 Å². The van der Waals surface area contributed by atoms with Crippen LogP contribution in [-0.4, -0.2) is 42.5 Å². The van der Waals surface area contributed by atoms with Gasteiger partial charge in [-0.15, -0.1) is 0 Å². The van der Waals surface area contributed by atoms with Crippen molar-refractivity contribution >= 4 is 28.4 Å². The minimum Gasteiger partial charge on any atom is -0.493 e. The first-order chi connectivity index (χ1) is 17.6. The second-order valence-corrected chi connectivity index (χ2v) is 9.07. The Morgan fingerprint density at radius 2 is 1.72 bits per heavy atom. The van der Waals surface area contributed by atoms with Gasteiger partial charge in [0, 0.05) is 17.5 Å². The normalized spacial score (nSPS) is 18.2. The average molecular weight is 480 g/mol. The summed E-state index contributed by atoms with van der Waals surface area (Å²) in [5.74, 6) is -0.0304. The lowest BCUT2D eigenvalue weighted by Crippen LogP contribution is -2.49. The van der Waals surface area contributed by atoms with Gasteiger partial charge in [-0.25, -0.2) is 0 Å². The number of hydrogen-bond donors (Lipinski definition) is 1. The maximum Gasteiger partial charge on any atom is 0.254 e. The molecule has 0 unspecified atom stereocenters. The minimum atomic E-state index is -0.648. The van der Waals surface area contributed by atoms with Crippen molar-refractivity contribution in [2.75, 3.05) is 26.1 Å². The molecule has 0 saturated heterocycles. The van der Waals surface area contributed by atoms with Crippen molar-refractivity contribution in [3.8, 4) is 11.5 Å². The quantitative estimate of drug-likeness (QED) is 0.458. The van der Waals surface area contributed by atoms with Crippen LogP contribution in [0, 0.1) is 0 Å². The number of ether oxygens (including phenoxy) is 2. The Labute approximate surface area is 208 Å². The molecule has 0 spiro atoms. The zero-order valence-electron chi connectivity index (χ0n) is 20.0. The fraction of sp³-hybridized carbons (Fsp3) is 0.207. The van der Waals surface area contributed by atoms with Crippen LogP contribution in [0.1, 0.15) is 39.0 Å². The van der Waals surface area contributed by atoms with E-state index in [-0.39, 0.29) is 11.8 Å². The highest BCUT2D eigenvalue weighted by atomic mass is 16.5. The van der Waals surface area contributed by atoms with Gasteiger partial charge in [0.1, 0.15) is 0 Å². The third kappa shape index (κ3) is 3.47. The van der Waals surface area contributed by atoms with E-state index in [4.69, 9.17) is 9.47 Å². The molecule has 6 rings (SSSR count). The van der Waals surface area contributed by atoms with Crippen molar-refractivity contribution in [1.29, 1.82) is 0 Å². The van der Waals surface area contributed by atoms with Crippen LogP contribution in [0.2, 0.25) is 0 Å². The Bertz CT molecular complexity index is 1520. The first kappa shape index (κ1) is 22.1. The summed E-state index contributed by atoms with van der Waals surface area (Å²) in [6, 6.07) is 20.7. The van der Waals surface area contributed by atoms with Crippen molar-refractivity contribution in [3.63, 3.8) is 0 Å². The molecule has 0 saturated carbocycles. The van der Waals surface area contributed by atoms with Crippen LogP contribution >= 0.6 is 0 Å². The molecule has 2 atom stereocenters. The summed E-state index contributed by atoms with van der Waals surface area (Å²) in [6.07, 6.45) is 2.40. The molecule has 2 aliphatic rings. The van der Waals surface area contributed by atoms with E-state index in [2.05, 4.69) is 16.4 Å². The summed E-state index contributed by atoms with van der Waals surface area (Å²) in [7, 11) is 3.08. The van der Waals surface area contributed by atoms with E-state index >= 15 is 0 Å². The SMILES string of the molecule is COc1cc2c(cc1OC)[C@@H](C(=O)Nc1cnc3ccccc3c1)[C@@H]1c3ccccc3CCN1C2=O. The van der Waals surface area contributed by atoms with Gasteiger partial charge in [0.15, 0.2) is 11.5 Å². The van der Waals surface area contributed by atoms with Gasteiger partial charge in [0.25, 0.3) is 5.91 Å². The molecule has 4 aromatic rings. The first-order valence-electron chi connectivity index (χ1n) is 11.9. The van der Waals surface area contributed by atoms with Gasteiger partial charge in [0.05, 0.1) is 43.6 Å². The molecular formula is C29H25N3O4. The number of methoxy groups -OCH3 is 2. The lowest BCUT2D eigenvalue weighted by molar-refractivity contribution is -0.119. The van der Waals surface area contributed by atoms with Gasteiger partial charge in [-0.2, -0.15) is 0 Å². The molecule has 3 heterocycles. The lowest BCUT2D eigenvalue weighted by Gasteiger charge is -2.45. The number of pyridine rings is 1. The maximum atomic E-state index is 14.0. The van der Waals surface area contributed by atoms with Crippen LogP contribution < -0.4 is 14.8 Å². The highest BCUT2D eigenvalue weighted by Crippen LogP contribution is 2.48. The molecule has 2 aliphatic heterocycles. The van der Waals surface area contributed by atoms with Crippen molar-refractivity contribution in [3.05, 3.63) is 95.2 Å². The van der Waals surface area contributed by atoms with Crippen LogP contribution in [-0.2, 0) is 11.2 Å². The number of anilines is 1. The van der Waals surface area contributed by atoms with E-state index in [0.29, 0.717) is 34.9 Å². The zero-order chi connectivity index (χ0) is 24.8. The number of carbonyl (C=O) groups is 2. The molecule has 0 radical (unpaired) electrons. The second kappa shape index (κ2) is 8.68. The van der Waals surface area contributed by atoms with Gasteiger partial charge < -0.3 is 19.7 Å². The molecule has 36 heavy (non-hydrogen) atoms. The molecule has 0 fully saturated rings. The number of nitrogens with one attached hydrogen (secondary N) is 1. The molecular weight excluding hydrogens is 454 g/mol. The van der Waals surface area contributed by atoms with E-state index in [9.17, 15) is 9.59 Å². The third-order valence-electron chi connectivity index (χ3n) is 7.17. The second-order valence-electron chi connectivity index (χ2n) is 9.07. The van der Waals surface area contributed by atoms with Gasteiger partial charge >= 0.3 is 0 Å². The van der Waals surface area contributed by atoms with E-state index in [1.54, 1.807) is 25.4 Å². The van der Waals surface area contributed by atoms with E-state index in [1.807, 2.05) is 53.4 Å². The lowest BCUT2D eigenvalue weighted by atomic mass is 9.75. The van der Waals surface area contributed by atoms with Gasteiger partial charge in [-0.1, -0.05) is 42.5 Å². The Hall–Kier alpha value is -4.39. The van der Waals surface area contributed by atoms with Gasteiger partial charge in [-0.05, 0) is 47.4 Å². The summed E-state index contributed by atoms with van der Waals surface area (Å²) in [6.45, 7) is 0.537. The number of benzene rings is 3. The number of para-hydroxylation sites is 1. The maximum absolute atomic E-state index is 14.0. The van der Waals surface area contributed by atoms with E-state index < -0.39 is 12.0 Å². The van der Waals surface area contributed by atoms with Crippen molar-refractivity contribution in [1.82, 2.24) is 9.88 Å². The smallest absolute Gasteiger partial charge is 0.254 e. The number of nitrogens with zero attached hydrogens (tertiary/aromatic N) is 2. The first-order valence-corrected chi connectivity index (χ1v) is 11.9. The molecule has 7 heteroatoms. The van der Waals surface area contributed by atoms with Crippen molar-refractivity contribution < 1.29 is 19.1 Å². The molecule has 0 aliphatic carbocycles. The molecule has 0 bridgehead atoms. The number of rotatable bonds is 4. The van der Waals surface area contributed by atoms with Crippen molar-refractivity contribution in [2.45, 2.75) is 18.4 Å². The largest absolute Gasteiger partial charge is 0.493 e. The van der Waals surface area contributed by atoms with E-state index in [1.165, 1.54) is 7.11 Å². The fourth-order valence-electron chi connectivity index (χ4n) is 5.49. The number of hydrogen-bond acceptors (Lipinski definition) is 5. The highest BCUT2D eigenvalue weighted by molar-refractivity contribution is 6.05. The average Bonchev–Trinajstić information content (AvgIpc) is 2.92. The summed E-state index contributed by atoms with van der Waals surface area (Å²) < 4.78 is 11.0. The molecule has 1 N–H and O–H groups in total. The predicted octanol–water partition coefficient (Wildman–Crippen LogP) is 4.73. The van der Waals surface area contributed by atoms with Crippen LogP contribution in [0.3, 0.4) is 0 Å². The summed E-state index contributed by atoms with van der Waals surface area (Å²) in [5, 5.41) is 4.01. The number of carbonyl (C=O) groups excluding carboxylic acids is 2. The monoisotopic (exact) mass is 479 g/mol. The molecule has 1 aromatic heterocycles. The summed E-state index contributed by atoms with van der Waals surface area (Å²) in [5.41, 5.74) is 4.69. The Balaban J connectivity index is 1.49. The number of amides is 2. The van der Waals surface area contributed by atoms with Gasteiger partial charge in [0.2, 0.25) is 5.91 Å². The number of aromatic nitrogens is 1. The van der Waals surface area contributed by atoms with Crippen molar-refractivity contribution in [2.24, 2.45) is 0 Å². The standard InChI is InChI=1S/C29H25N3O4/c1-35-24-14-21-22(15-25(24)36-2)29(34)32-12-11-17-7-3-5-9-20(17)27(32)26(21)28(33)31-19-13-18-8-4-6-10-23(18)30-16-19/h3-10,13-16,26-27H,11-12H2,1-2H3,(H,31,33)/t26-,27+/m1/s1. The Morgan fingerprint density at radius 1 is 0.972 bits per heavy atom. The van der Waals surface area contributed by atoms with Gasteiger partial charge in [-0.3, -0.25) is 14.6 Å². The zero-order valence-corrected chi connectivity index (χ0v) is 20.0. The summed E-state index contributed by atoms with van der Waals surface area (Å²) >= 11 is 0. The van der Waals surface area contributed by atoms with Crippen LogP contribution in [0.15, 0.2) is 72.9 Å². The Morgan fingerprint density at radius 3 is 2.56 bits per heavy atom. The molecule has 180 valence electrons. The molecule has 2 amide bonds. The summed E-state index contributed by atoms with van der Waals surface area (Å²) in [4.78, 5) is 34.0.